The van der Waals surface area contributed by atoms with Crippen molar-refractivity contribution in [2.24, 2.45) is 0 Å². The minimum atomic E-state index is -3.68. The summed E-state index contributed by atoms with van der Waals surface area (Å²) in [4.78, 5) is 13.2. The lowest BCUT2D eigenvalue weighted by Crippen LogP contribution is -2.26. The SMILES string of the molecule is O=c1c(Cl)c(Cl)cnn1-c1ccc(S(=O)(=O)NCCSc2ccc(Cl)cc2)cc1. The van der Waals surface area contributed by atoms with Crippen molar-refractivity contribution in [3.8, 4) is 5.69 Å². The minimum absolute atomic E-state index is 0.0489. The average molecular weight is 491 g/mol. The van der Waals surface area contributed by atoms with Crippen molar-refractivity contribution < 1.29 is 8.42 Å². The molecule has 0 unspecified atom stereocenters. The van der Waals surface area contributed by atoms with Gasteiger partial charge >= 0.3 is 0 Å². The normalized spacial score (nSPS) is 11.6. The van der Waals surface area contributed by atoms with Crippen LogP contribution in [0.3, 0.4) is 0 Å². The molecule has 0 aliphatic heterocycles. The van der Waals surface area contributed by atoms with Gasteiger partial charge in [-0.25, -0.2) is 13.1 Å². The van der Waals surface area contributed by atoms with Crippen molar-refractivity contribution in [2.45, 2.75) is 9.79 Å². The Morgan fingerprint density at radius 1 is 1.00 bits per heavy atom. The van der Waals surface area contributed by atoms with E-state index in [1.54, 1.807) is 12.1 Å². The quantitative estimate of drug-likeness (QED) is 0.395. The largest absolute Gasteiger partial charge is 0.291 e. The van der Waals surface area contributed by atoms with Crippen molar-refractivity contribution >= 4 is 56.6 Å². The number of sulfonamides is 1. The smallest absolute Gasteiger partial charge is 0.266 e. The minimum Gasteiger partial charge on any atom is -0.266 e. The number of hydrogen-bond donors (Lipinski definition) is 1. The summed E-state index contributed by atoms with van der Waals surface area (Å²) in [5.74, 6) is 0.557. The lowest BCUT2D eigenvalue weighted by molar-refractivity contribution is 0.584. The number of thioether (sulfide) groups is 1. The first-order chi connectivity index (χ1) is 13.8. The average Bonchev–Trinajstić information content (AvgIpc) is 2.71. The maximum Gasteiger partial charge on any atom is 0.291 e. The van der Waals surface area contributed by atoms with Crippen LogP contribution >= 0.6 is 46.6 Å². The molecule has 1 aromatic heterocycles. The van der Waals surface area contributed by atoms with Gasteiger partial charge in [-0.3, -0.25) is 4.79 Å². The Balaban J connectivity index is 1.64. The molecule has 0 amide bonds. The first kappa shape index (κ1) is 22.1. The molecule has 11 heteroatoms. The van der Waals surface area contributed by atoms with Crippen LogP contribution in [0.15, 0.2) is 69.3 Å². The summed E-state index contributed by atoms with van der Waals surface area (Å²) in [6.07, 6.45) is 1.25. The number of rotatable bonds is 7. The second-order valence-corrected chi connectivity index (χ2v) is 9.87. The molecule has 0 spiro atoms. The fraction of sp³-hybridized carbons (Fsp3) is 0.111. The number of hydrogen-bond acceptors (Lipinski definition) is 5. The van der Waals surface area contributed by atoms with E-state index in [9.17, 15) is 13.2 Å². The van der Waals surface area contributed by atoms with Gasteiger partial charge in [0.05, 0.1) is 21.8 Å². The molecule has 2 aromatic carbocycles. The van der Waals surface area contributed by atoms with E-state index in [0.29, 0.717) is 16.5 Å². The topological polar surface area (TPSA) is 81.1 Å². The Labute approximate surface area is 186 Å². The number of halogens is 3. The van der Waals surface area contributed by atoms with Gasteiger partial charge in [0.25, 0.3) is 5.56 Å². The molecule has 0 aliphatic carbocycles. The fourth-order valence-corrected chi connectivity index (χ4v) is 4.63. The third-order valence-corrected chi connectivity index (χ3v) is 7.24. The van der Waals surface area contributed by atoms with Gasteiger partial charge in [-0.05, 0) is 48.5 Å². The molecule has 0 radical (unpaired) electrons. The molecule has 0 aliphatic rings. The van der Waals surface area contributed by atoms with Crippen LogP contribution in [0.1, 0.15) is 0 Å². The van der Waals surface area contributed by atoms with Crippen LogP contribution in [-0.4, -0.2) is 30.5 Å². The summed E-state index contributed by atoms with van der Waals surface area (Å²) in [7, 11) is -3.68. The Morgan fingerprint density at radius 2 is 1.66 bits per heavy atom. The van der Waals surface area contributed by atoms with Gasteiger partial charge in [-0.2, -0.15) is 9.78 Å². The maximum atomic E-state index is 12.4. The zero-order valence-corrected chi connectivity index (χ0v) is 18.6. The van der Waals surface area contributed by atoms with E-state index >= 15 is 0 Å². The van der Waals surface area contributed by atoms with E-state index in [2.05, 4.69) is 9.82 Å². The predicted molar refractivity (Wildman–Crippen MR) is 117 cm³/mol. The second kappa shape index (κ2) is 9.51. The zero-order valence-electron chi connectivity index (χ0n) is 14.7. The van der Waals surface area contributed by atoms with Crippen molar-refractivity contribution in [1.29, 1.82) is 0 Å². The molecule has 0 saturated heterocycles. The van der Waals surface area contributed by atoms with Crippen molar-refractivity contribution in [2.75, 3.05) is 12.3 Å². The van der Waals surface area contributed by atoms with E-state index < -0.39 is 15.6 Å². The summed E-state index contributed by atoms with van der Waals surface area (Å²) < 4.78 is 28.5. The highest BCUT2D eigenvalue weighted by atomic mass is 35.5. The molecule has 1 N–H and O–H groups in total. The van der Waals surface area contributed by atoms with Crippen LogP contribution in [0.5, 0.6) is 0 Å². The highest BCUT2D eigenvalue weighted by Gasteiger charge is 2.15. The molecule has 29 heavy (non-hydrogen) atoms. The summed E-state index contributed by atoms with van der Waals surface area (Å²) in [6.45, 7) is 0.255. The van der Waals surface area contributed by atoms with Gasteiger partial charge in [0.1, 0.15) is 5.02 Å². The number of benzene rings is 2. The van der Waals surface area contributed by atoms with Crippen LogP contribution in [0, 0.1) is 0 Å². The summed E-state index contributed by atoms with van der Waals surface area (Å²) in [6, 6.07) is 13.0. The Bertz CT molecular complexity index is 1170. The molecule has 3 aromatic rings. The Hall–Kier alpha value is -1.55. The molecule has 0 bridgehead atoms. The molecule has 1 heterocycles. The first-order valence-corrected chi connectivity index (χ1v) is 11.8. The molecule has 6 nitrogen and oxygen atoms in total. The van der Waals surface area contributed by atoms with Gasteiger partial charge in [0.15, 0.2) is 0 Å². The van der Waals surface area contributed by atoms with E-state index in [1.807, 2.05) is 12.1 Å². The van der Waals surface area contributed by atoms with E-state index in [0.717, 1.165) is 9.58 Å². The lowest BCUT2D eigenvalue weighted by atomic mass is 10.3. The van der Waals surface area contributed by atoms with Gasteiger partial charge < -0.3 is 0 Å². The van der Waals surface area contributed by atoms with Crippen molar-refractivity contribution in [3.05, 3.63) is 80.1 Å². The van der Waals surface area contributed by atoms with Gasteiger partial charge in [0.2, 0.25) is 10.0 Å². The Kier molecular flexibility index (Phi) is 7.26. The third kappa shape index (κ3) is 5.53. The van der Waals surface area contributed by atoms with E-state index in [-0.39, 0.29) is 21.5 Å². The lowest BCUT2D eigenvalue weighted by Gasteiger charge is -2.09. The molecule has 0 fully saturated rings. The first-order valence-electron chi connectivity index (χ1n) is 8.20. The van der Waals surface area contributed by atoms with Crippen LogP contribution < -0.4 is 10.3 Å². The molecule has 3 rings (SSSR count). The van der Waals surface area contributed by atoms with Gasteiger partial charge in [0, 0.05) is 22.2 Å². The number of nitrogens with zero attached hydrogens (tertiary/aromatic N) is 2. The van der Waals surface area contributed by atoms with Gasteiger partial charge in [-0.1, -0.05) is 34.8 Å². The maximum absolute atomic E-state index is 12.4. The van der Waals surface area contributed by atoms with E-state index in [4.69, 9.17) is 34.8 Å². The zero-order chi connectivity index (χ0) is 21.0. The molecule has 0 saturated carbocycles. The van der Waals surface area contributed by atoms with E-state index in [1.165, 1.54) is 42.2 Å². The number of aromatic nitrogens is 2. The standard InChI is InChI=1S/C18H14Cl3N3O3S2/c19-12-1-5-14(6-2-12)28-10-9-23-29(26,27)15-7-3-13(4-8-15)24-18(25)17(21)16(20)11-22-24/h1-8,11,23H,9-10H2. The molecular weight excluding hydrogens is 477 g/mol. The van der Waals surface area contributed by atoms with Crippen LogP contribution in [0.4, 0.5) is 0 Å². The van der Waals surface area contributed by atoms with Crippen molar-refractivity contribution in [3.63, 3.8) is 0 Å². The highest BCUT2D eigenvalue weighted by Crippen LogP contribution is 2.20. The summed E-state index contributed by atoms with van der Waals surface area (Å²) >= 11 is 19.0. The second-order valence-electron chi connectivity index (χ2n) is 5.72. The highest BCUT2D eigenvalue weighted by molar-refractivity contribution is 7.99. The van der Waals surface area contributed by atoms with Crippen LogP contribution in [-0.2, 0) is 10.0 Å². The Morgan fingerprint density at radius 3 is 2.31 bits per heavy atom. The predicted octanol–water partition coefficient (Wildman–Crippen LogP) is 4.26. The molecule has 152 valence electrons. The third-order valence-electron chi connectivity index (χ3n) is 3.74. The van der Waals surface area contributed by atoms with Crippen molar-refractivity contribution in [1.82, 2.24) is 14.5 Å². The van der Waals surface area contributed by atoms with Crippen LogP contribution in [0.2, 0.25) is 15.1 Å². The fourth-order valence-electron chi connectivity index (χ4n) is 2.32. The summed E-state index contributed by atoms with van der Waals surface area (Å²) in [5.41, 5.74) is -0.224. The number of nitrogens with one attached hydrogen (secondary N) is 1. The molecule has 0 atom stereocenters. The monoisotopic (exact) mass is 489 g/mol. The summed E-state index contributed by atoms with van der Waals surface area (Å²) in [5, 5.41) is 4.45. The van der Waals surface area contributed by atoms with Crippen LogP contribution in [0.25, 0.3) is 5.69 Å². The molecular formula is C18H14Cl3N3O3S2. The van der Waals surface area contributed by atoms with Gasteiger partial charge in [-0.15, -0.1) is 11.8 Å².